The van der Waals surface area contributed by atoms with E-state index in [4.69, 9.17) is 16.3 Å². The van der Waals surface area contributed by atoms with E-state index in [1.807, 2.05) is 6.92 Å². The Labute approximate surface area is 185 Å². The van der Waals surface area contributed by atoms with Crippen molar-refractivity contribution in [1.82, 2.24) is 0 Å². The number of fused-ring (bicyclic) bond motifs is 4. The number of nitrogens with one attached hydrogen (secondary N) is 1. The molecular formula is C22H20ClF6NO2. The molecule has 0 fully saturated rings. The summed E-state index contributed by atoms with van der Waals surface area (Å²) in [6, 6.07) is 5.79. The molecule has 0 bridgehead atoms. The number of rotatable bonds is 1. The molecule has 2 atom stereocenters. The van der Waals surface area contributed by atoms with Crippen molar-refractivity contribution in [3.05, 3.63) is 57.6 Å². The molecule has 2 aliphatic rings. The lowest BCUT2D eigenvalue weighted by atomic mass is 9.64. The van der Waals surface area contributed by atoms with Crippen LogP contribution in [0.2, 0.25) is 5.02 Å². The molecule has 10 heteroatoms. The zero-order valence-corrected chi connectivity index (χ0v) is 18.0. The highest BCUT2D eigenvalue weighted by Crippen LogP contribution is 2.55. The molecule has 2 heterocycles. The quantitative estimate of drug-likeness (QED) is 0.464. The summed E-state index contributed by atoms with van der Waals surface area (Å²) in [5.74, 6) is 0.336. The van der Waals surface area contributed by atoms with Crippen LogP contribution in [0.15, 0.2) is 30.3 Å². The molecule has 2 aromatic carbocycles. The Kier molecular flexibility index (Phi) is 4.99. The molecule has 3 nitrogen and oxygen atoms in total. The average Bonchev–Trinajstić information content (AvgIpc) is 2.65. The summed E-state index contributed by atoms with van der Waals surface area (Å²) in [6.45, 7) is 5.52. The molecule has 0 amide bonds. The zero-order chi connectivity index (χ0) is 23.9. The number of benzene rings is 2. The highest BCUT2D eigenvalue weighted by molar-refractivity contribution is 6.30. The van der Waals surface area contributed by atoms with Gasteiger partial charge < -0.3 is 15.2 Å². The van der Waals surface area contributed by atoms with Gasteiger partial charge in [-0.1, -0.05) is 31.5 Å². The van der Waals surface area contributed by atoms with Crippen molar-refractivity contribution in [2.45, 2.75) is 50.2 Å². The fourth-order valence-electron chi connectivity index (χ4n) is 4.76. The third kappa shape index (κ3) is 3.15. The Balaban J connectivity index is 1.86. The Morgan fingerprint density at radius 2 is 1.69 bits per heavy atom. The first-order valence-corrected chi connectivity index (χ1v) is 10.2. The van der Waals surface area contributed by atoms with Gasteiger partial charge in [-0.05, 0) is 42.3 Å². The Hall–Kier alpha value is -2.13. The molecular weight excluding hydrogens is 460 g/mol. The van der Waals surface area contributed by atoms with Crippen molar-refractivity contribution in [2.24, 2.45) is 5.92 Å². The summed E-state index contributed by atoms with van der Waals surface area (Å²) in [5, 5.41) is 13.6. The van der Waals surface area contributed by atoms with E-state index in [1.165, 1.54) is 0 Å². The molecule has 0 aromatic heterocycles. The maximum absolute atomic E-state index is 13.4. The lowest BCUT2D eigenvalue weighted by Gasteiger charge is -2.49. The van der Waals surface area contributed by atoms with Crippen molar-refractivity contribution in [2.75, 3.05) is 11.9 Å². The number of aryl methyl sites for hydroxylation is 1. The topological polar surface area (TPSA) is 41.5 Å². The first-order chi connectivity index (χ1) is 14.6. The van der Waals surface area contributed by atoms with Gasteiger partial charge in [-0.2, -0.15) is 26.3 Å². The van der Waals surface area contributed by atoms with Crippen LogP contribution >= 0.6 is 11.6 Å². The van der Waals surface area contributed by atoms with E-state index < -0.39 is 28.9 Å². The van der Waals surface area contributed by atoms with Crippen LogP contribution < -0.4 is 10.1 Å². The van der Waals surface area contributed by atoms with Gasteiger partial charge in [0.25, 0.3) is 5.60 Å². The van der Waals surface area contributed by atoms with Gasteiger partial charge in [0.1, 0.15) is 5.75 Å². The van der Waals surface area contributed by atoms with Crippen LogP contribution in [0.5, 0.6) is 5.75 Å². The molecule has 4 rings (SSSR count). The van der Waals surface area contributed by atoms with Gasteiger partial charge in [-0.15, -0.1) is 0 Å². The predicted molar refractivity (Wildman–Crippen MR) is 107 cm³/mol. The van der Waals surface area contributed by atoms with Crippen molar-refractivity contribution in [3.8, 4) is 5.75 Å². The smallest absolute Gasteiger partial charge is 0.430 e. The zero-order valence-electron chi connectivity index (χ0n) is 17.2. The molecule has 0 spiro atoms. The average molecular weight is 480 g/mol. The summed E-state index contributed by atoms with van der Waals surface area (Å²) in [6.07, 6.45) is -11.9. The third-order valence-electron chi connectivity index (χ3n) is 6.60. The molecule has 32 heavy (non-hydrogen) atoms. The van der Waals surface area contributed by atoms with Gasteiger partial charge >= 0.3 is 12.4 Å². The SMILES string of the molecule is Cc1cc(Cl)cc2c1OCC1C2Nc2ccc(C(O)(C(F)(F)F)C(F)(F)F)cc2C1(C)C. The molecule has 0 saturated carbocycles. The molecule has 0 aliphatic carbocycles. The molecule has 2 aromatic rings. The summed E-state index contributed by atoms with van der Waals surface area (Å²) in [4.78, 5) is 0. The van der Waals surface area contributed by atoms with E-state index in [-0.39, 0.29) is 24.1 Å². The molecule has 0 radical (unpaired) electrons. The fourth-order valence-corrected chi connectivity index (χ4v) is 5.04. The first kappa shape index (κ1) is 23.0. The molecule has 174 valence electrons. The van der Waals surface area contributed by atoms with Gasteiger partial charge in [-0.3, -0.25) is 0 Å². The molecule has 2 N–H and O–H groups in total. The molecule has 2 aliphatic heterocycles. The van der Waals surface area contributed by atoms with E-state index in [2.05, 4.69) is 5.32 Å². The minimum Gasteiger partial charge on any atom is -0.493 e. The number of aliphatic hydroxyl groups is 1. The second-order valence-electron chi connectivity index (χ2n) is 8.87. The summed E-state index contributed by atoms with van der Waals surface area (Å²) >= 11 is 6.22. The molecule has 0 saturated heterocycles. The Morgan fingerprint density at radius 3 is 2.28 bits per heavy atom. The normalized spacial score (nSPS) is 22.2. The third-order valence-corrected chi connectivity index (χ3v) is 6.82. The number of alkyl halides is 6. The van der Waals surface area contributed by atoms with Gasteiger partial charge in [0.2, 0.25) is 0 Å². The largest absolute Gasteiger partial charge is 0.493 e. The van der Waals surface area contributed by atoms with Crippen molar-refractivity contribution < 1.29 is 36.2 Å². The van der Waals surface area contributed by atoms with Crippen molar-refractivity contribution in [1.29, 1.82) is 0 Å². The van der Waals surface area contributed by atoms with E-state index in [0.717, 1.165) is 23.3 Å². The van der Waals surface area contributed by atoms with Crippen LogP contribution in [-0.2, 0) is 11.0 Å². The fraction of sp³-hybridized carbons (Fsp3) is 0.455. The first-order valence-electron chi connectivity index (χ1n) is 9.79. The Bertz CT molecular complexity index is 1070. The highest BCUT2D eigenvalue weighted by Gasteiger charge is 2.71. The van der Waals surface area contributed by atoms with Crippen molar-refractivity contribution >= 4 is 17.3 Å². The van der Waals surface area contributed by atoms with Crippen LogP contribution in [-0.4, -0.2) is 24.1 Å². The van der Waals surface area contributed by atoms with Crippen LogP contribution in [0.4, 0.5) is 32.0 Å². The monoisotopic (exact) mass is 479 g/mol. The predicted octanol–water partition coefficient (Wildman–Crippen LogP) is 6.41. The molecule has 2 unspecified atom stereocenters. The number of ether oxygens (including phenoxy) is 1. The minimum absolute atomic E-state index is 0.201. The number of hydrogen-bond donors (Lipinski definition) is 2. The maximum atomic E-state index is 13.4. The highest BCUT2D eigenvalue weighted by atomic mass is 35.5. The van der Waals surface area contributed by atoms with Crippen LogP contribution in [0.3, 0.4) is 0 Å². The van der Waals surface area contributed by atoms with E-state index in [0.29, 0.717) is 22.5 Å². The number of hydrogen-bond acceptors (Lipinski definition) is 3. The van der Waals surface area contributed by atoms with Crippen LogP contribution in [0, 0.1) is 12.8 Å². The van der Waals surface area contributed by atoms with Gasteiger partial charge in [0.05, 0.1) is 12.6 Å². The van der Waals surface area contributed by atoms with E-state index in [9.17, 15) is 31.4 Å². The second kappa shape index (κ2) is 6.93. The summed E-state index contributed by atoms with van der Waals surface area (Å²) in [7, 11) is 0. The number of halogens is 7. The minimum atomic E-state index is -5.95. The van der Waals surface area contributed by atoms with Gasteiger partial charge in [-0.25, -0.2) is 0 Å². The lowest BCUT2D eigenvalue weighted by molar-refractivity contribution is -0.376. The number of anilines is 1. The summed E-state index contributed by atoms with van der Waals surface area (Å²) < 4.78 is 86.3. The van der Waals surface area contributed by atoms with Crippen LogP contribution in [0.25, 0.3) is 0 Å². The van der Waals surface area contributed by atoms with Gasteiger partial charge in [0.15, 0.2) is 0 Å². The summed E-state index contributed by atoms with van der Waals surface area (Å²) in [5.41, 5.74) is -4.93. The van der Waals surface area contributed by atoms with Gasteiger partial charge in [0, 0.05) is 33.2 Å². The maximum Gasteiger partial charge on any atom is 0.430 e. The second-order valence-corrected chi connectivity index (χ2v) is 9.30. The van der Waals surface area contributed by atoms with Crippen molar-refractivity contribution in [3.63, 3.8) is 0 Å². The lowest BCUT2D eigenvalue weighted by Crippen LogP contribution is -2.54. The Morgan fingerprint density at radius 1 is 1.06 bits per heavy atom. The van der Waals surface area contributed by atoms with E-state index in [1.54, 1.807) is 26.0 Å². The van der Waals surface area contributed by atoms with Crippen LogP contribution in [0.1, 0.15) is 42.1 Å². The standard InChI is InChI=1S/C22H20ClF6NO2/c1-10-6-12(23)8-13-17-15(9-32-18(10)13)19(2,3)14-7-11(4-5-16(14)30-17)20(31,21(24,25)26)22(27,28)29/h4-8,15,17,30-31H,9H2,1-3H3. The van der Waals surface area contributed by atoms with E-state index >= 15 is 0 Å².